The summed E-state index contributed by atoms with van der Waals surface area (Å²) in [5.41, 5.74) is 0. The van der Waals surface area contributed by atoms with Crippen molar-refractivity contribution in [2.45, 2.75) is 45.6 Å². The molecule has 112 valence electrons. The smallest absolute Gasteiger partial charge is 0.287 e. The number of hydrogen-bond donors (Lipinski definition) is 2. The summed E-state index contributed by atoms with van der Waals surface area (Å²) in [4.78, 5) is 23.3. The highest BCUT2D eigenvalue weighted by Gasteiger charge is 2.12. The highest BCUT2D eigenvalue weighted by Crippen LogP contribution is 2.13. The molecule has 6 heteroatoms. The molecule has 1 unspecified atom stereocenters. The standard InChI is InChI=1S/C14H21BrN2O3/c1-3-4-5-6-10(2)17-13(18)9-16-14(19)11-7-8-12(15)20-11/h7-8,10H,3-6,9H2,1-2H3,(H,16,19)(H,17,18). The van der Waals surface area contributed by atoms with Gasteiger partial charge in [0.1, 0.15) is 0 Å². The Hall–Kier alpha value is -1.30. The van der Waals surface area contributed by atoms with Crippen molar-refractivity contribution in [1.82, 2.24) is 10.6 Å². The minimum atomic E-state index is -0.399. The number of unbranched alkanes of at least 4 members (excludes halogenated alkanes) is 2. The average Bonchev–Trinajstić information content (AvgIpc) is 2.83. The minimum absolute atomic E-state index is 0.0464. The van der Waals surface area contributed by atoms with Gasteiger partial charge in [0.05, 0.1) is 6.54 Å². The second-order valence-corrected chi connectivity index (χ2v) is 5.53. The van der Waals surface area contributed by atoms with Gasteiger partial charge in [-0.15, -0.1) is 0 Å². The van der Waals surface area contributed by atoms with Gasteiger partial charge < -0.3 is 15.1 Å². The lowest BCUT2D eigenvalue weighted by Gasteiger charge is -2.13. The molecule has 2 amide bonds. The molecule has 0 radical (unpaired) electrons. The van der Waals surface area contributed by atoms with E-state index >= 15 is 0 Å². The monoisotopic (exact) mass is 344 g/mol. The Bertz CT molecular complexity index is 445. The second kappa shape index (κ2) is 8.79. The van der Waals surface area contributed by atoms with Gasteiger partial charge in [0, 0.05) is 6.04 Å². The van der Waals surface area contributed by atoms with Gasteiger partial charge in [0.15, 0.2) is 10.4 Å². The van der Waals surface area contributed by atoms with Gasteiger partial charge in [-0.2, -0.15) is 0 Å². The fourth-order valence-electron chi connectivity index (χ4n) is 1.78. The van der Waals surface area contributed by atoms with Gasteiger partial charge in [0.2, 0.25) is 5.91 Å². The number of carbonyl (C=O) groups is 2. The SMILES string of the molecule is CCCCCC(C)NC(=O)CNC(=O)c1ccc(Br)o1. The quantitative estimate of drug-likeness (QED) is 0.712. The first-order chi connectivity index (χ1) is 9.52. The van der Waals surface area contributed by atoms with Gasteiger partial charge in [-0.05, 0) is 41.4 Å². The minimum Gasteiger partial charge on any atom is -0.444 e. The molecule has 1 rings (SSSR count). The van der Waals surface area contributed by atoms with Crippen LogP contribution < -0.4 is 10.6 Å². The summed E-state index contributed by atoms with van der Waals surface area (Å²) < 4.78 is 5.58. The zero-order chi connectivity index (χ0) is 15.0. The van der Waals surface area contributed by atoms with Crippen molar-refractivity contribution >= 4 is 27.7 Å². The summed E-state index contributed by atoms with van der Waals surface area (Å²) in [5, 5.41) is 5.38. The number of nitrogens with one attached hydrogen (secondary N) is 2. The van der Waals surface area contributed by atoms with E-state index in [1.807, 2.05) is 6.92 Å². The molecule has 0 fully saturated rings. The maximum Gasteiger partial charge on any atom is 0.287 e. The average molecular weight is 345 g/mol. The van der Waals surface area contributed by atoms with Crippen LogP contribution in [0.4, 0.5) is 0 Å². The van der Waals surface area contributed by atoms with Crippen molar-refractivity contribution in [1.29, 1.82) is 0 Å². The van der Waals surface area contributed by atoms with E-state index < -0.39 is 5.91 Å². The van der Waals surface area contributed by atoms with Gasteiger partial charge in [-0.3, -0.25) is 9.59 Å². The summed E-state index contributed by atoms with van der Waals surface area (Å²) in [7, 11) is 0. The molecule has 0 saturated carbocycles. The number of carbonyl (C=O) groups excluding carboxylic acids is 2. The predicted octanol–water partition coefficient (Wildman–Crippen LogP) is 2.86. The number of hydrogen-bond acceptors (Lipinski definition) is 3. The van der Waals surface area contributed by atoms with Crippen molar-refractivity contribution < 1.29 is 14.0 Å². The molecule has 5 nitrogen and oxygen atoms in total. The largest absolute Gasteiger partial charge is 0.444 e. The third-order valence-electron chi connectivity index (χ3n) is 2.85. The first-order valence-electron chi connectivity index (χ1n) is 6.85. The Kier molecular flexibility index (Phi) is 7.36. The first-order valence-corrected chi connectivity index (χ1v) is 7.65. The van der Waals surface area contributed by atoms with Crippen LogP contribution in [-0.4, -0.2) is 24.4 Å². The maximum atomic E-state index is 11.7. The van der Waals surface area contributed by atoms with Crippen LogP contribution >= 0.6 is 15.9 Å². The Labute approximate surface area is 127 Å². The van der Waals surface area contributed by atoms with Crippen LogP contribution in [0.5, 0.6) is 0 Å². The van der Waals surface area contributed by atoms with Crippen LogP contribution in [-0.2, 0) is 4.79 Å². The van der Waals surface area contributed by atoms with E-state index in [4.69, 9.17) is 4.42 Å². The number of halogens is 1. The lowest BCUT2D eigenvalue weighted by molar-refractivity contribution is -0.120. The fourth-order valence-corrected chi connectivity index (χ4v) is 2.09. The summed E-state index contributed by atoms with van der Waals surface area (Å²) in [6.07, 6.45) is 4.39. The molecule has 0 spiro atoms. The highest BCUT2D eigenvalue weighted by atomic mass is 79.9. The topological polar surface area (TPSA) is 71.3 Å². The normalized spacial score (nSPS) is 11.9. The zero-order valence-corrected chi connectivity index (χ0v) is 13.5. The summed E-state index contributed by atoms with van der Waals surface area (Å²) in [6.45, 7) is 4.07. The fraction of sp³-hybridized carbons (Fsp3) is 0.571. The molecule has 20 heavy (non-hydrogen) atoms. The van der Waals surface area contributed by atoms with E-state index in [1.165, 1.54) is 6.42 Å². The van der Waals surface area contributed by atoms with E-state index in [2.05, 4.69) is 33.5 Å². The van der Waals surface area contributed by atoms with Crippen LogP contribution in [0, 0.1) is 0 Å². The molecule has 2 N–H and O–H groups in total. The zero-order valence-electron chi connectivity index (χ0n) is 11.9. The molecule has 1 aromatic heterocycles. The molecule has 0 saturated heterocycles. The van der Waals surface area contributed by atoms with Gasteiger partial charge in [-0.25, -0.2) is 0 Å². The summed E-state index contributed by atoms with van der Waals surface area (Å²) >= 11 is 3.12. The second-order valence-electron chi connectivity index (χ2n) is 4.75. The van der Waals surface area contributed by atoms with Crippen LogP contribution in [0.3, 0.4) is 0 Å². The molecule has 1 atom stereocenters. The Morgan fingerprint density at radius 2 is 2.10 bits per heavy atom. The Morgan fingerprint density at radius 1 is 1.35 bits per heavy atom. The lowest BCUT2D eigenvalue weighted by Crippen LogP contribution is -2.40. The van der Waals surface area contributed by atoms with Crippen LogP contribution in [0.15, 0.2) is 21.2 Å². The van der Waals surface area contributed by atoms with E-state index in [0.717, 1.165) is 19.3 Å². The molecule has 0 aliphatic carbocycles. The molecule has 0 aliphatic rings. The first kappa shape index (κ1) is 16.8. The molecule has 0 aliphatic heterocycles. The van der Waals surface area contributed by atoms with Gasteiger partial charge in [-0.1, -0.05) is 26.2 Å². The van der Waals surface area contributed by atoms with Crippen LogP contribution in [0.2, 0.25) is 0 Å². The Morgan fingerprint density at radius 3 is 2.70 bits per heavy atom. The third-order valence-corrected chi connectivity index (χ3v) is 3.28. The highest BCUT2D eigenvalue weighted by molar-refractivity contribution is 9.10. The molecule has 0 bridgehead atoms. The molecular formula is C14H21BrN2O3. The van der Waals surface area contributed by atoms with E-state index in [-0.39, 0.29) is 24.3 Å². The number of rotatable bonds is 8. The van der Waals surface area contributed by atoms with Gasteiger partial charge in [0.25, 0.3) is 5.91 Å². The molecule has 0 aromatic carbocycles. The summed E-state index contributed by atoms with van der Waals surface area (Å²) in [6, 6.07) is 3.30. The van der Waals surface area contributed by atoms with E-state index in [0.29, 0.717) is 4.67 Å². The van der Waals surface area contributed by atoms with Crippen molar-refractivity contribution in [2.24, 2.45) is 0 Å². The van der Waals surface area contributed by atoms with E-state index in [1.54, 1.807) is 12.1 Å². The predicted molar refractivity (Wildman–Crippen MR) is 80.5 cm³/mol. The van der Waals surface area contributed by atoms with Crippen LogP contribution in [0.1, 0.15) is 50.1 Å². The molecule has 1 heterocycles. The van der Waals surface area contributed by atoms with Gasteiger partial charge >= 0.3 is 0 Å². The summed E-state index contributed by atoms with van der Waals surface area (Å²) in [5.74, 6) is -0.405. The van der Waals surface area contributed by atoms with Crippen molar-refractivity contribution in [3.05, 3.63) is 22.6 Å². The van der Waals surface area contributed by atoms with Crippen molar-refractivity contribution in [2.75, 3.05) is 6.54 Å². The van der Waals surface area contributed by atoms with Crippen molar-refractivity contribution in [3.63, 3.8) is 0 Å². The lowest BCUT2D eigenvalue weighted by atomic mass is 10.1. The number of amides is 2. The van der Waals surface area contributed by atoms with Crippen LogP contribution in [0.25, 0.3) is 0 Å². The number of furan rings is 1. The molecule has 1 aromatic rings. The maximum absolute atomic E-state index is 11.7. The third kappa shape index (κ3) is 6.23. The Balaban J connectivity index is 2.24. The molecular weight excluding hydrogens is 324 g/mol. The van der Waals surface area contributed by atoms with Crippen molar-refractivity contribution in [3.8, 4) is 0 Å². The van der Waals surface area contributed by atoms with E-state index in [9.17, 15) is 9.59 Å².